The van der Waals surface area contributed by atoms with Crippen molar-refractivity contribution in [3.63, 3.8) is 0 Å². The second-order valence-electron chi connectivity index (χ2n) is 5.74. The molecule has 0 aliphatic heterocycles. The van der Waals surface area contributed by atoms with Gasteiger partial charge in [0.1, 0.15) is 0 Å². The molecule has 0 fully saturated rings. The summed E-state index contributed by atoms with van der Waals surface area (Å²) in [4.78, 5) is 0. The fourth-order valence-electron chi connectivity index (χ4n) is 2.92. The van der Waals surface area contributed by atoms with Crippen LogP contribution in [0, 0.1) is 12.3 Å². The average Bonchev–Trinajstić information content (AvgIpc) is 2.62. The summed E-state index contributed by atoms with van der Waals surface area (Å²) in [6.07, 6.45) is 2.48. The van der Waals surface area contributed by atoms with Gasteiger partial charge in [0.05, 0.1) is 0 Å². The van der Waals surface area contributed by atoms with Gasteiger partial charge in [0.25, 0.3) is 0 Å². The first-order valence-corrected chi connectivity index (χ1v) is 5.73. The van der Waals surface area contributed by atoms with Crippen molar-refractivity contribution in [2.75, 3.05) is 0 Å². The molecule has 0 bridgehead atoms. The summed E-state index contributed by atoms with van der Waals surface area (Å²) >= 11 is 0. The van der Waals surface area contributed by atoms with E-state index >= 15 is 0 Å². The number of hydrogen-bond acceptors (Lipinski definition) is 0. The van der Waals surface area contributed by atoms with Gasteiger partial charge in [0.2, 0.25) is 0 Å². The maximum Gasteiger partial charge on any atom is 1.00 e. The number of benzene rings is 1. The molecule has 0 heterocycles. The van der Waals surface area contributed by atoms with E-state index in [0.29, 0.717) is 5.41 Å². The Morgan fingerprint density at radius 1 is 1.12 bits per heavy atom. The second kappa shape index (κ2) is 3.72. The minimum atomic E-state index is 0. The van der Waals surface area contributed by atoms with Crippen LogP contribution in [0.3, 0.4) is 0 Å². The standard InChI is InChI=1S/C15H17.Li/c1-10-4-5-11-6-12-8-15(2,3)9-13(12)7-14(10)11;/h4-7H,8-9H2,1-3H3;/q-1;+1. The van der Waals surface area contributed by atoms with E-state index in [1.807, 2.05) is 0 Å². The fourth-order valence-corrected chi connectivity index (χ4v) is 2.92. The molecule has 0 spiro atoms. The second-order valence-corrected chi connectivity index (χ2v) is 5.74. The van der Waals surface area contributed by atoms with Crippen molar-refractivity contribution < 1.29 is 18.9 Å². The fraction of sp³-hybridized carbons (Fsp3) is 0.400. The largest absolute Gasteiger partial charge is 1.00 e. The summed E-state index contributed by atoms with van der Waals surface area (Å²) in [5, 5.41) is 2.87. The van der Waals surface area contributed by atoms with Crippen LogP contribution in [0.5, 0.6) is 0 Å². The summed E-state index contributed by atoms with van der Waals surface area (Å²) in [5.41, 5.74) is 5.02. The van der Waals surface area contributed by atoms with Gasteiger partial charge >= 0.3 is 18.9 Å². The van der Waals surface area contributed by atoms with Crippen LogP contribution >= 0.6 is 0 Å². The zero-order valence-electron chi connectivity index (χ0n) is 10.7. The van der Waals surface area contributed by atoms with Gasteiger partial charge in [0, 0.05) is 0 Å². The molecular weight excluding hydrogens is 187 g/mol. The monoisotopic (exact) mass is 204 g/mol. The Labute approximate surface area is 110 Å². The van der Waals surface area contributed by atoms with Crippen molar-refractivity contribution in [1.82, 2.24) is 0 Å². The zero-order chi connectivity index (χ0) is 10.6. The third-order valence-corrected chi connectivity index (χ3v) is 3.65. The Bertz CT molecular complexity index is 532. The molecule has 0 amide bonds. The van der Waals surface area contributed by atoms with Crippen LogP contribution in [0.4, 0.5) is 0 Å². The molecule has 3 rings (SSSR count). The summed E-state index contributed by atoms with van der Waals surface area (Å²) in [5.74, 6) is 0. The van der Waals surface area contributed by atoms with Crippen molar-refractivity contribution in [3.8, 4) is 0 Å². The SMILES string of the molecule is C[c-]1ccc2cc3c(cc21)CC(C)(C)C3.[Li+]. The van der Waals surface area contributed by atoms with E-state index in [1.165, 1.54) is 29.2 Å². The van der Waals surface area contributed by atoms with Crippen molar-refractivity contribution >= 4 is 10.8 Å². The van der Waals surface area contributed by atoms with E-state index in [1.54, 1.807) is 11.1 Å². The first-order chi connectivity index (χ1) is 7.05. The summed E-state index contributed by atoms with van der Waals surface area (Å²) in [6, 6.07) is 9.28. The average molecular weight is 204 g/mol. The van der Waals surface area contributed by atoms with Gasteiger partial charge in [-0.2, -0.15) is 12.1 Å². The normalized spacial score (nSPS) is 17.2. The van der Waals surface area contributed by atoms with Crippen LogP contribution in [-0.4, -0.2) is 0 Å². The van der Waals surface area contributed by atoms with Gasteiger partial charge < -0.3 is 0 Å². The Morgan fingerprint density at radius 2 is 1.75 bits per heavy atom. The van der Waals surface area contributed by atoms with E-state index in [0.717, 1.165) is 0 Å². The van der Waals surface area contributed by atoms with E-state index in [-0.39, 0.29) is 18.9 Å². The van der Waals surface area contributed by atoms with Crippen LogP contribution < -0.4 is 18.9 Å². The van der Waals surface area contributed by atoms with Crippen molar-refractivity contribution in [2.45, 2.75) is 33.6 Å². The predicted octanol–water partition coefficient (Wildman–Crippen LogP) is 0.996. The van der Waals surface area contributed by atoms with E-state index in [4.69, 9.17) is 0 Å². The van der Waals surface area contributed by atoms with Gasteiger partial charge in [-0.15, -0.1) is 28.5 Å². The van der Waals surface area contributed by atoms with Gasteiger partial charge in [-0.1, -0.05) is 31.9 Å². The number of rotatable bonds is 0. The van der Waals surface area contributed by atoms with Crippen molar-refractivity contribution in [3.05, 3.63) is 41.0 Å². The molecule has 0 unspecified atom stereocenters. The maximum absolute atomic E-state index is 2.41. The minimum Gasteiger partial charge on any atom is -0.168 e. The zero-order valence-corrected chi connectivity index (χ0v) is 10.7. The molecule has 2 aromatic carbocycles. The first kappa shape index (κ1) is 11.9. The van der Waals surface area contributed by atoms with Crippen molar-refractivity contribution in [1.29, 1.82) is 0 Å². The molecule has 0 nitrogen and oxygen atoms in total. The number of fused-ring (bicyclic) bond motifs is 2. The van der Waals surface area contributed by atoms with Gasteiger partial charge in [0.15, 0.2) is 0 Å². The first-order valence-electron chi connectivity index (χ1n) is 5.73. The number of aryl methyl sites for hydroxylation is 1. The molecular formula is C15H17Li. The van der Waals surface area contributed by atoms with Gasteiger partial charge in [-0.05, 0) is 18.3 Å². The Morgan fingerprint density at radius 3 is 2.44 bits per heavy atom. The summed E-state index contributed by atoms with van der Waals surface area (Å²) in [6.45, 7) is 6.93. The quantitative estimate of drug-likeness (QED) is 0.443. The summed E-state index contributed by atoms with van der Waals surface area (Å²) in [7, 11) is 0. The summed E-state index contributed by atoms with van der Waals surface area (Å²) < 4.78 is 0. The molecule has 1 aliphatic rings. The Balaban J connectivity index is 0.000000963. The molecule has 2 aromatic rings. The Hall–Kier alpha value is -0.573. The molecule has 0 saturated carbocycles. The molecule has 78 valence electrons. The van der Waals surface area contributed by atoms with E-state index in [2.05, 4.69) is 45.0 Å². The third kappa shape index (κ3) is 1.75. The Kier molecular flexibility index (Phi) is 2.77. The molecule has 1 heteroatoms. The van der Waals surface area contributed by atoms with Crippen LogP contribution in [0.2, 0.25) is 0 Å². The maximum atomic E-state index is 2.41. The molecule has 0 radical (unpaired) electrons. The molecule has 0 saturated heterocycles. The van der Waals surface area contributed by atoms with E-state index in [9.17, 15) is 0 Å². The number of hydrogen-bond donors (Lipinski definition) is 0. The van der Waals surface area contributed by atoms with E-state index < -0.39 is 0 Å². The van der Waals surface area contributed by atoms with Gasteiger partial charge in [-0.3, -0.25) is 0 Å². The van der Waals surface area contributed by atoms with Crippen LogP contribution in [-0.2, 0) is 12.8 Å². The third-order valence-electron chi connectivity index (χ3n) is 3.65. The van der Waals surface area contributed by atoms with Crippen molar-refractivity contribution in [2.24, 2.45) is 5.41 Å². The molecule has 16 heavy (non-hydrogen) atoms. The molecule has 0 N–H and O–H groups in total. The van der Waals surface area contributed by atoms with Crippen LogP contribution in [0.25, 0.3) is 10.8 Å². The minimum absolute atomic E-state index is 0. The van der Waals surface area contributed by atoms with Gasteiger partial charge in [-0.25, -0.2) is 0 Å². The molecule has 0 atom stereocenters. The predicted molar refractivity (Wildman–Crippen MR) is 65.5 cm³/mol. The molecule has 0 aromatic heterocycles. The topological polar surface area (TPSA) is 0 Å². The van der Waals surface area contributed by atoms with Crippen LogP contribution in [0.15, 0.2) is 24.3 Å². The molecule has 1 aliphatic carbocycles. The van der Waals surface area contributed by atoms with Crippen LogP contribution in [0.1, 0.15) is 30.5 Å². The smallest absolute Gasteiger partial charge is 0.168 e.